The largest absolute Gasteiger partial charge is 0.351 e. The summed E-state index contributed by atoms with van der Waals surface area (Å²) in [7, 11) is 0. The third-order valence-electron chi connectivity index (χ3n) is 3.58. The summed E-state index contributed by atoms with van der Waals surface area (Å²) in [4.78, 5) is 13.0. The fraction of sp³-hybridized carbons (Fsp3) is 0.200. The van der Waals surface area contributed by atoms with Gasteiger partial charge in [0.1, 0.15) is 6.04 Å². The van der Waals surface area contributed by atoms with E-state index in [9.17, 15) is 10.1 Å². The first-order valence-corrected chi connectivity index (χ1v) is 6.27. The van der Waals surface area contributed by atoms with E-state index in [-0.39, 0.29) is 11.0 Å². The molecular weight excluding hydrogens is 240 g/mol. The summed E-state index contributed by atoms with van der Waals surface area (Å²) < 4.78 is 0. The first-order chi connectivity index (χ1) is 9.27. The van der Waals surface area contributed by atoms with Crippen molar-refractivity contribution < 1.29 is 4.92 Å². The van der Waals surface area contributed by atoms with Gasteiger partial charge in [0, 0.05) is 10.6 Å². The van der Waals surface area contributed by atoms with Crippen molar-refractivity contribution >= 4 is 5.69 Å². The van der Waals surface area contributed by atoms with Crippen LogP contribution in [0.4, 0.5) is 5.69 Å². The molecule has 2 aromatic rings. The maximum atomic E-state index is 11.1. The fourth-order valence-corrected chi connectivity index (χ4v) is 2.60. The zero-order valence-electron chi connectivity index (χ0n) is 10.3. The van der Waals surface area contributed by atoms with Gasteiger partial charge in [0.25, 0.3) is 6.04 Å². The normalized spacial score (nSPS) is 21.8. The number of hydrogen-bond acceptors (Lipinski definition) is 3. The van der Waals surface area contributed by atoms with Crippen molar-refractivity contribution in [3.8, 4) is 0 Å². The molecule has 0 bridgehead atoms. The molecule has 0 amide bonds. The molecule has 0 radical (unpaired) electrons. The van der Waals surface area contributed by atoms with Gasteiger partial charge in [0.2, 0.25) is 0 Å². The molecule has 0 aromatic heterocycles. The molecule has 2 atom stereocenters. The Hall–Kier alpha value is -2.36. The molecule has 3 rings (SSSR count). The summed E-state index contributed by atoms with van der Waals surface area (Å²) >= 11 is 0. The minimum atomic E-state index is -0.525. The zero-order valence-corrected chi connectivity index (χ0v) is 10.3. The molecule has 2 aromatic carbocycles. The first kappa shape index (κ1) is 11.7. The van der Waals surface area contributed by atoms with Gasteiger partial charge in [-0.1, -0.05) is 48.5 Å². The SMILES string of the molecule is O=[N+]([O-])[C@H]1CN(c2ccccc2)[C@@H]1c1ccccc1. The van der Waals surface area contributed by atoms with Crippen LogP contribution in [0.25, 0.3) is 0 Å². The van der Waals surface area contributed by atoms with E-state index in [0.717, 1.165) is 11.3 Å². The van der Waals surface area contributed by atoms with Gasteiger partial charge in [-0.15, -0.1) is 0 Å². The second-order valence-electron chi connectivity index (χ2n) is 4.70. The molecule has 0 unspecified atom stereocenters. The van der Waals surface area contributed by atoms with Crippen LogP contribution in [0, 0.1) is 10.1 Å². The Morgan fingerprint density at radius 3 is 2.16 bits per heavy atom. The Balaban J connectivity index is 1.93. The number of nitrogens with zero attached hydrogens (tertiary/aromatic N) is 2. The van der Waals surface area contributed by atoms with E-state index in [4.69, 9.17) is 0 Å². The van der Waals surface area contributed by atoms with Crippen molar-refractivity contribution in [3.05, 3.63) is 76.3 Å². The highest BCUT2D eigenvalue weighted by Gasteiger charge is 2.48. The number of nitro groups is 1. The topological polar surface area (TPSA) is 46.4 Å². The molecule has 0 aliphatic carbocycles. The lowest BCUT2D eigenvalue weighted by atomic mass is 9.89. The molecule has 4 nitrogen and oxygen atoms in total. The summed E-state index contributed by atoms with van der Waals surface area (Å²) in [6.07, 6.45) is 0. The standard InChI is InChI=1S/C15H14N2O2/c18-17(19)14-11-16(13-9-5-2-6-10-13)15(14)12-7-3-1-4-8-12/h1-10,14-15H,11H2/t14-,15+/m0/s1. The molecule has 0 N–H and O–H groups in total. The van der Waals surface area contributed by atoms with Gasteiger partial charge >= 0.3 is 0 Å². The minimum Gasteiger partial charge on any atom is -0.351 e. The van der Waals surface area contributed by atoms with Gasteiger partial charge in [0.05, 0.1) is 6.54 Å². The van der Waals surface area contributed by atoms with Gasteiger partial charge in [-0.25, -0.2) is 0 Å². The maximum Gasteiger partial charge on any atom is 0.254 e. The van der Waals surface area contributed by atoms with Crippen LogP contribution in [-0.4, -0.2) is 17.5 Å². The lowest BCUT2D eigenvalue weighted by molar-refractivity contribution is -0.534. The Kier molecular flexibility index (Phi) is 2.91. The second-order valence-corrected chi connectivity index (χ2v) is 4.70. The highest BCUT2D eigenvalue weighted by atomic mass is 16.6. The first-order valence-electron chi connectivity index (χ1n) is 6.27. The minimum absolute atomic E-state index is 0.168. The van der Waals surface area contributed by atoms with E-state index < -0.39 is 6.04 Å². The number of rotatable bonds is 3. The highest BCUT2D eigenvalue weighted by molar-refractivity contribution is 5.52. The van der Waals surface area contributed by atoms with Crippen molar-refractivity contribution in [2.45, 2.75) is 12.1 Å². The summed E-state index contributed by atoms with van der Waals surface area (Å²) in [6, 6.07) is 18.8. The van der Waals surface area contributed by atoms with Gasteiger partial charge < -0.3 is 4.90 Å². The van der Waals surface area contributed by atoms with E-state index in [1.54, 1.807) is 0 Å². The zero-order chi connectivity index (χ0) is 13.2. The van der Waals surface area contributed by atoms with Crippen LogP contribution in [0.3, 0.4) is 0 Å². The average molecular weight is 254 g/mol. The van der Waals surface area contributed by atoms with Gasteiger partial charge in [-0.05, 0) is 17.7 Å². The van der Waals surface area contributed by atoms with Crippen LogP contribution < -0.4 is 4.90 Å². The van der Waals surface area contributed by atoms with E-state index in [2.05, 4.69) is 4.90 Å². The highest BCUT2D eigenvalue weighted by Crippen LogP contribution is 2.38. The molecule has 0 saturated carbocycles. The lowest BCUT2D eigenvalue weighted by Crippen LogP contribution is -2.57. The smallest absolute Gasteiger partial charge is 0.254 e. The van der Waals surface area contributed by atoms with Crippen LogP contribution in [0.1, 0.15) is 11.6 Å². The van der Waals surface area contributed by atoms with Crippen molar-refractivity contribution in [1.29, 1.82) is 0 Å². The van der Waals surface area contributed by atoms with Crippen molar-refractivity contribution in [2.24, 2.45) is 0 Å². The fourth-order valence-electron chi connectivity index (χ4n) is 2.60. The van der Waals surface area contributed by atoms with Gasteiger partial charge in [0.15, 0.2) is 0 Å². The number of para-hydroxylation sites is 1. The quantitative estimate of drug-likeness (QED) is 0.625. The Morgan fingerprint density at radius 2 is 1.58 bits per heavy atom. The molecule has 1 heterocycles. The van der Waals surface area contributed by atoms with Gasteiger partial charge in [-0.2, -0.15) is 0 Å². The predicted octanol–water partition coefficient (Wildman–Crippen LogP) is 2.89. The Bertz CT molecular complexity index is 571. The van der Waals surface area contributed by atoms with Crippen molar-refractivity contribution in [3.63, 3.8) is 0 Å². The third kappa shape index (κ3) is 2.05. The molecule has 1 saturated heterocycles. The van der Waals surface area contributed by atoms with Gasteiger partial charge in [-0.3, -0.25) is 10.1 Å². The van der Waals surface area contributed by atoms with E-state index in [0.29, 0.717) is 6.54 Å². The Labute approximate surface area is 111 Å². The predicted molar refractivity (Wildman–Crippen MR) is 73.8 cm³/mol. The summed E-state index contributed by atoms with van der Waals surface area (Å²) in [5.41, 5.74) is 2.04. The van der Waals surface area contributed by atoms with Crippen LogP contribution in [-0.2, 0) is 0 Å². The molecule has 1 aliphatic rings. The lowest BCUT2D eigenvalue weighted by Gasteiger charge is -2.44. The number of anilines is 1. The van der Waals surface area contributed by atoms with Crippen LogP contribution in [0.2, 0.25) is 0 Å². The Morgan fingerprint density at radius 1 is 1.00 bits per heavy atom. The summed E-state index contributed by atoms with van der Waals surface area (Å²) in [5.74, 6) is 0. The van der Waals surface area contributed by atoms with E-state index in [1.165, 1.54) is 0 Å². The monoisotopic (exact) mass is 254 g/mol. The average Bonchev–Trinajstić information content (AvgIpc) is 2.39. The van der Waals surface area contributed by atoms with Crippen molar-refractivity contribution in [2.75, 3.05) is 11.4 Å². The molecule has 19 heavy (non-hydrogen) atoms. The van der Waals surface area contributed by atoms with Crippen LogP contribution in [0.5, 0.6) is 0 Å². The number of hydrogen-bond donors (Lipinski definition) is 0. The van der Waals surface area contributed by atoms with Crippen molar-refractivity contribution in [1.82, 2.24) is 0 Å². The summed E-state index contributed by atoms with van der Waals surface area (Å²) in [5, 5.41) is 11.1. The molecular formula is C15H14N2O2. The summed E-state index contributed by atoms with van der Waals surface area (Å²) in [6.45, 7) is 0.469. The van der Waals surface area contributed by atoms with Crippen LogP contribution >= 0.6 is 0 Å². The molecule has 1 fully saturated rings. The van der Waals surface area contributed by atoms with E-state index >= 15 is 0 Å². The number of benzene rings is 2. The second kappa shape index (κ2) is 4.72. The third-order valence-corrected chi connectivity index (χ3v) is 3.58. The molecule has 0 spiro atoms. The molecule has 96 valence electrons. The molecule has 4 heteroatoms. The maximum absolute atomic E-state index is 11.1. The van der Waals surface area contributed by atoms with E-state index in [1.807, 2.05) is 60.7 Å². The molecule has 1 aliphatic heterocycles. The van der Waals surface area contributed by atoms with Crippen LogP contribution in [0.15, 0.2) is 60.7 Å².